The third kappa shape index (κ3) is 3.38. The lowest BCUT2D eigenvalue weighted by Crippen LogP contribution is -2.17. The van der Waals surface area contributed by atoms with Gasteiger partial charge in [0.05, 0.1) is 5.52 Å². The number of para-hydroxylation sites is 1. The second kappa shape index (κ2) is 7.71. The van der Waals surface area contributed by atoms with Gasteiger partial charge in [-0.05, 0) is 53.6 Å². The van der Waals surface area contributed by atoms with Gasteiger partial charge in [-0.3, -0.25) is 0 Å². The third-order valence-electron chi connectivity index (χ3n) is 6.10. The Labute approximate surface area is 190 Å². The van der Waals surface area contributed by atoms with E-state index in [1.54, 1.807) is 12.1 Å². The molecule has 0 saturated heterocycles. The van der Waals surface area contributed by atoms with E-state index in [2.05, 4.69) is 34.9 Å². The van der Waals surface area contributed by atoms with Gasteiger partial charge >= 0.3 is 0 Å². The molecule has 0 saturated carbocycles. The van der Waals surface area contributed by atoms with E-state index in [1.807, 2.05) is 49.4 Å². The third-order valence-corrected chi connectivity index (χ3v) is 6.10. The number of benzene rings is 4. The molecule has 0 bridgehead atoms. The van der Waals surface area contributed by atoms with Crippen molar-refractivity contribution in [3.8, 4) is 11.4 Å². The average molecular weight is 433 g/mol. The normalized spacial score (nSPS) is 13.2. The summed E-state index contributed by atoms with van der Waals surface area (Å²) < 4.78 is 14.1. The van der Waals surface area contributed by atoms with Gasteiger partial charge in [-0.1, -0.05) is 54.6 Å². The summed E-state index contributed by atoms with van der Waals surface area (Å²) in [6.07, 6.45) is 0. The second-order valence-corrected chi connectivity index (χ2v) is 8.26. The minimum atomic E-state index is -0.270. The largest absolute Gasteiger partial charge is 0.381 e. The van der Waals surface area contributed by atoms with Crippen molar-refractivity contribution in [1.82, 2.24) is 9.97 Å². The molecular weight excluding hydrogens is 411 g/mol. The quantitative estimate of drug-likeness (QED) is 0.327. The lowest BCUT2D eigenvalue weighted by Gasteiger charge is -2.24. The van der Waals surface area contributed by atoms with Crippen molar-refractivity contribution in [2.75, 3.05) is 17.2 Å². The van der Waals surface area contributed by atoms with Gasteiger partial charge in [-0.25, -0.2) is 14.4 Å². The van der Waals surface area contributed by atoms with Crippen LogP contribution in [0.25, 0.3) is 38.8 Å². The second-order valence-electron chi connectivity index (χ2n) is 8.26. The number of hydrogen-bond acceptors (Lipinski definition) is 4. The van der Waals surface area contributed by atoms with Crippen molar-refractivity contribution in [3.05, 3.63) is 102 Å². The lowest BCUT2D eigenvalue weighted by molar-refractivity contribution is 0.627. The van der Waals surface area contributed by atoms with Crippen LogP contribution in [0, 0.1) is 5.82 Å². The maximum absolute atomic E-state index is 14.1. The Kier molecular flexibility index (Phi) is 4.54. The van der Waals surface area contributed by atoms with Gasteiger partial charge in [-0.15, -0.1) is 0 Å². The van der Waals surface area contributed by atoms with Crippen LogP contribution in [-0.2, 0) is 0 Å². The molecule has 5 aromatic rings. The van der Waals surface area contributed by atoms with Crippen molar-refractivity contribution >= 4 is 38.9 Å². The minimum absolute atomic E-state index is 0.270. The van der Waals surface area contributed by atoms with Crippen LogP contribution in [0.15, 0.2) is 90.5 Å². The van der Waals surface area contributed by atoms with E-state index in [0.29, 0.717) is 18.2 Å². The molecule has 0 unspecified atom stereocenters. The summed E-state index contributed by atoms with van der Waals surface area (Å²) in [4.78, 5) is 9.86. The lowest BCUT2D eigenvalue weighted by atomic mass is 10.0. The molecule has 0 amide bonds. The van der Waals surface area contributed by atoms with Gasteiger partial charge in [-0.2, -0.15) is 0 Å². The Morgan fingerprint density at radius 3 is 2.52 bits per heavy atom. The monoisotopic (exact) mass is 432 g/mol. The van der Waals surface area contributed by atoms with Crippen LogP contribution in [0.3, 0.4) is 0 Å². The molecule has 4 aromatic carbocycles. The molecular formula is C28H21FN4. The summed E-state index contributed by atoms with van der Waals surface area (Å²) in [6, 6.07) is 27.2. The van der Waals surface area contributed by atoms with Gasteiger partial charge in [0.25, 0.3) is 0 Å². The van der Waals surface area contributed by atoms with Crippen molar-refractivity contribution in [3.63, 3.8) is 0 Å². The maximum atomic E-state index is 14.1. The van der Waals surface area contributed by atoms with Crippen molar-refractivity contribution < 1.29 is 4.39 Å². The molecule has 4 nitrogen and oxygen atoms in total. The predicted molar refractivity (Wildman–Crippen MR) is 134 cm³/mol. The maximum Gasteiger partial charge on any atom is 0.162 e. The van der Waals surface area contributed by atoms with Crippen LogP contribution < -0.4 is 10.6 Å². The van der Waals surface area contributed by atoms with Crippen molar-refractivity contribution in [1.29, 1.82) is 0 Å². The summed E-state index contributed by atoms with van der Waals surface area (Å²) >= 11 is 0. The van der Waals surface area contributed by atoms with Gasteiger partial charge in [0, 0.05) is 34.4 Å². The van der Waals surface area contributed by atoms with Gasteiger partial charge < -0.3 is 10.6 Å². The molecule has 0 spiro atoms. The van der Waals surface area contributed by atoms with Crippen molar-refractivity contribution in [2.24, 2.45) is 0 Å². The number of nitrogens with one attached hydrogen (secondary N) is 2. The molecule has 33 heavy (non-hydrogen) atoms. The number of rotatable bonds is 3. The molecule has 1 aromatic heterocycles. The molecule has 0 atom stereocenters. The summed E-state index contributed by atoms with van der Waals surface area (Å²) in [7, 11) is 0. The fraction of sp³-hybridized carbons (Fsp3) is 0.0714. The Balaban J connectivity index is 1.55. The van der Waals surface area contributed by atoms with E-state index in [9.17, 15) is 4.39 Å². The van der Waals surface area contributed by atoms with E-state index in [-0.39, 0.29) is 5.82 Å². The predicted octanol–water partition coefficient (Wildman–Crippen LogP) is 6.86. The highest BCUT2D eigenvalue weighted by Crippen LogP contribution is 2.35. The van der Waals surface area contributed by atoms with E-state index in [1.165, 1.54) is 6.07 Å². The van der Waals surface area contributed by atoms with Gasteiger partial charge in [0.2, 0.25) is 0 Å². The fourth-order valence-electron chi connectivity index (χ4n) is 4.43. The number of hydrogen-bond donors (Lipinski definition) is 2. The van der Waals surface area contributed by atoms with E-state index < -0.39 is 0 Å². The summed E-state index contributed by atoms with van der Waals surface area (Å²) in [6.45, 7) is 2.72. The van der Waals surface area contributed by atoms with Crippen LogP contribution in [0.2, 0.25) is 0 Å². The van der Waals surface area contributed by atoms with Crippen LogP contribution >= 0.6 is 0 Å². The Morgan fingerprint density at radius 1 is 0.818 bits per heavy atom. The molecule has 1 aliphatic heterocycles. The van der Waals surface area contributed by atoms with Crippen LogP contribution in [0.1, 0.15) is 12.5 Å². The molecule has 6 rings (SSSR count). The molecule has 0 fully saturated rings. The highest BCUT2D eigenvalue weighted by atomic mass is 19.1. The molecule has 1 aliphatic rings. The van der Waals surface area contributed by atoms with Gasteiger partial charge in [0.15, 0.2) is 5.82 Å². The topological polar surface area (TPSA) is 49.8 Å². The molecule has 0 aliphatic carbocycles. The van der Waals surface area contributed by atoms with Crippen LogP contribution in [0.5, 0.6) is 0 Å². The Bertz CT molecular complexity index is 1570. The first-order chi connectivity index (χ1) is 16.2. The number of fused-ring (bicyclic) bond motifs is 3. The zero-order valence-electron chi connectivity index (χ0n) is 18.1. The first kappa shape index (κ1) is 19.4. The standard InChI is InChI=1S/C28H21FN4/c1-17-16-30-24-14-13-19(29)15-23(24)26(17)32-28-22-10-4-5-12-25(22)31-27(33-28)21-11-6-8-18-7-2-3-9-20(18)21/h2-15,30H,16H2,1H3,(H,31,32,33). The van der Waals surface area contributed by atoms with Gasteiger partial charge in [0.1, 0.15) is 11.6 Å². The molecule has 160 valence electrons. The molecule has 2 N–H and O–H groups in total. The first-order valence-electron chi connectivity index (χ1n) is 10.9. The summed E-state index contributed by atoms with van der Waals surface area (Å²) in [5, 5.41) is 10.0. The summed E-state index contributed by atoms with van der Waals surface area (Å²) in [5.41, 5.74) is 5.48. The highest BCUT2D eigenvalue weighted by Gasteiger charge is 2.19. The molecule has 0 radical (unpaired) electrons. The number of aromatic nitrogens is 2. The smallest absolute Gasteiger partial charge is 0.162 e. The highest BCUT2D eigenvalue weighted by molar-refractivity contribution is 5.99. The zero-order valence-corrected chi connectivity index (χ0v) is 18.1. The van der Waals surface area contributed by atoms with E-state index >= 15 is 0 Å². The number of halogens is 1. The fourth-order valence-corrected chi connectivity index (χ4v) is 4.43. The molecule has 5 heteroatoms. The van der Waals surface area contributed by atoms with Crippen LogP contribution in [-0.4, -0.2) is 16.5 Å². The minimum Gasteiger partial charge on any atom is -0.381 e. The Morgan fingerprint density at radius 2 is 1.61 bits per heavy atom. The molecule has 2 heterocycles. The van der Waals surface area contributed by atoms with E-state index in [0.717, 1.165) is 49.8 Å². The SMILES string of the molecule is CC1=C(Nc2nc(-c3cccc4ccccc34)nc3ccccc23)c2cc(F)ccc2NC1. The number of anilines is 2. The van der Waals surface area contributed by atoms with Crippen LogP contribution in [0.4, 0.5) is 15.9 Å². The number of nitrogens with zero attached hydrogens (tertiary/aromatic N) is 2. The average Bonchev–Trinajstić information content (AvgIpc) is 2.85. The van der Waals surface area contributed by atoms with Crippen molar-refractivity contribution in [2.45, 2.75) is 6.92 Å². The zero-order chi connectivity index (χ0) is 22.4. The first-order valence-corrected chi connectivity index (χ1v) is 10.9. The van der Waals surface area contributed by atoms with E-state index in [4.69, 9.17) is 9.97 Å². The Hall–Kier alpha value is -4.25. The summed E-state index contributed by atoms with van der Waals surface area (Å²) in [5.74, 6) is 1.09.